The molecular weight excluding hydrogens is 166 g/mol. The van der Waals surface area contributed by atoms with Gasteiger partial charge in [0.1, 0.15) is 0 Å². The lowest BCUT2D eigenvalue weighted by molar-refractivity contribution is -0.785. The van der Waals surface area contributed by atoms with Gasteiger partial charge in [0.2, 0.25) is 0 Å². The van der Waals surface area contributed by atoms with Crippen molar-refractivity contribution in [1.29, 1.82) is 0 Å². The number of hydrogen-bond acceptors (Lipinski definition) is 5. The smallest absolute Gasteiger partial charge is 0.295 e. The summed E-state index contributed by atoms with van der Waals surface area (Å²) in [6.45, 7) is 2.17. The molecule has 0 atom stereocenters. The average molecular weight is 175 g/mol. The van der Waals surface area contributed by atoms with Crippen LogP contribution in [0.25, 0.3) is 0 Å². The molecule has 0 saturated carbocycles. The van der Waals surface area contributed by atoms with Crippen LogP contribution in [0.2, 0.25) is 0 Å². The van der Waals surface area contributed by atoms with Crippen LogP contribution in [0.1, 0.15) is 13.3 Å². The standard InChI is InChI=1S/C5H9N3O4/c1-2-5(12-8(10)11)3-7(4-5)6-9/h2-4H2,1H3. The normalized spacial score (nSPS) is 19.6. The van der Waals surface area contributed by atoms with E-state index in [9.17, 15) is 15.0 Å². The summed E-state index contributed by atoms with van der Waals surface area (Å²) in [4.78, 5) is 24.4. The molecule has 0 radical (unpaired) electrons. The van der Waals surface area contributed by atoms with Crippen molar-refractivity contribution in [1.82, 2.24) is 5.01 Å². The van der Waals surface area contributed by atoms with Crippen LogP contribution in [0.15, 0.2) is 5.29 Å². The molecule has 0 aromatic carbocycles. The van der Waals surface area contributed by atoms with E-state index in [1.807, 2.05) is 0 Å². The summed E-state index contributed by atoms with van der Waals surface area (Å²) >= 11 is 0. The third-order valence-corrected chi connectivity index (χ3v) is 1.97. The Kier molecular flexibility index (Phi) is 2.11. The van der Waals surface area contributed by atoms with Gasteiger partial charge in [0.25, 0.3) is 5.09 Å². The zero-order chi connectivity index (χ0) is 9.19. The monoisotopic (exact) mass is 175 g/mol. The van der Waals surface area contributed by atoms with E-state index in [1.165, 1.54) is 5.01 Å². The van der Waals surface area contributed by atoms with Crippen molar-refractivity contribution in [3.05, 3.63) is 15.0 Å². The van der Waals surface area contributed by atoms with Crippen LogP contribution in [0.3, 0.4) is 0 Å². The minimum absolute atomic E-state index is 0.202. The van der Waals surface area contributed by atoms with E-state index in [4.69, 9.17) is 0 Å². The molecule has 12 heavy (non-hydrogen) atoms. The van der Waals surface area contributed by atoms with E-state index in [0.29, 0.717) is 6.42 Å². The average Bonchev–Trinajstić information content (AvgIpc) is 1.95. The van der Waals surface area contributed by atoms with Gasteiger partial charge in [-0.15, -0.1) is 15.0 Å². The number of nitroso groups, excluding NO2 is 1. The van der Waals surface area contributed by atoms with Crippen LogP contribution in [0.4, 0.5) is 0 Å². The lowest BCUT2D eigenvalue weighted by Gasteiger charge is -2.43. The SMILES string of the molecule is CCC1(O[N+](=O)[O-])CN(N=O)C1. The van der Waals surface area contributed by atoms with E-state index in [0.717, 1.165) is 0 Å². The molecule has 1 heterocycles. The molecule has 0 N–H and O–H groups in total. The molecule has 0 spiro atoms. The van der Waals surface area contributed by atoms with Crippen LogP contribution in [0, 0.1) is 15.0 Å². The first-order valence-corrected chi connectivity index (χ1v) is 3.53. The molecule has 0 aromatic heterocycles. The maximum Gasteiger partial charge on any atom is 0.295 e. The Morgan fingerprint density at radius 2 is 2.33 bits per heavy atom. The van der Waals surface area contributed by atoms with E-state index >= 15 is 0 Å². The fraction of sp³-hybridized carbons (Fsp3) is 1.00. The molecule has 7 heteroatoms. The maximum atomic E-state index is 10.0. The highest BCUT2D eigenvalue weighted by molar-refractivity contribution is 4.93. The first-order valence-electron chi connectivity index (χ1n) is 3.53. The predicted octanol–water partition coefficient (Wildman–Crippen LogP) is 0.340. The molecule has 1 rings (SSSR count). The summed E-state index contributed by atoms with van der Waals surface area (Å²) < 4.78 is 0. The largest absolute Gasteiger partial charge is 0.303 e. The Morgan fingerprint density at radius 1 is 1.75 bits per heavy atom. The van der Waals surface area contributed by atoms with Gasteiger partial charge in [-0.2, -0.15) is 0 Å². The zero-order valence-electron chi connectivity index (χ0n) is 6.60. The molecule has 1 fully saturated rings. The summed E-state index contributed by atoms with van der Waals surface area (Å²) in [5, 5.41) is 13.0. The third kappa shape index (κ3) is 1.44. The molecule has 68 valence electrons. The van der Waals surface area contributed by atoms with Crippen LogP contribution >= 0.6 is 0 Å². The molecule has 7 nitrogen and oxygen atoms in total. The molecule has 1 aliphatic rings. The van der Waals surface area contributed by atoms with Crippen molar-refractivity contribution >= 4 is 0 Å². The molecule has 0 aliphatic carbocycles. The van der Waals surface area contributed by atoms with Crippen molar-refractivity contribution < 1.29 is 9.92 Å². The van der Waals surface area contributed by atoms with Gasteiger partial charge in [-0.05, 0) is 6.42 Å². The van der Waals surface area contributed by atoms with Crippen LogP contribution in [0.5, 0.6) is 0 Å². The highest BCUT2D eigenvalue weighted by atomic mass is 17.0. The molecule has 0 aromatic rings. The van der Waals surface area contributed by atoms with Gasteiger partial charge in [-0.1, -0.05) is 6.92 Å². The van der Waals surface area contributed by atoms with E-state index in [2.05, 4.69) is 10.1 Å². The second kappa shape index (κ2) is 2.92. The number of hydrogen-bond donors (Lipinski definition) is 0. The van der Waals surface area contributed by atoms with Gasteiger partial charge < -0.3 is 4.84 Å². The molecule has 1 saturated heterocycles. The Hall–Kier alpha value is -1.40. The van der Waals surface area contributed by atoms with Gasteiger partial charge in [0.05, 0.1) is 18.4 Å². The fourth-order valence-corrected chi connectivity index (χ4v) is 1.18. The van der Waals surface area contributed by atoms with Crippen molar-refractivity contribution in [2.45, 2.75) is 18.9 Å². The van der Waals surface area contributed by atoms with Crippen LogP contribution in [-0.4, -0.2) is 28.8 Å². The predicted molar refractivity (Wildman–Crippen MR) is 38.5 cm³/mol. The molecular formula is C5H9N3O4. The van der Waals surface area contributed by atoms with Gasteiger partial charge in [0.15, 0.2) is 5.60 Å². The van der Waals surface area contributed by atoms with Gasteiger partial charge >= 0.3 is 0 Å². The lowest BCUT2D eigenvalue weighted by Crippen LogP contribution is -2.61. The van der Waals surface area contributed by atoms with Crippen molar-refractivity contribution in [3.63, 3.8) is 0 Å². The van der Waals surface area contributed by atoms with Crippen LogP contribution in [-0.2, 0) is 4.84 Å². The summed E-state index contributed by atoms with van der Waals surface area (Å²) in [6.07, 6.45) is 0.500. The molecule has 1 aliphatic heterocycles. The Bertz CT molecular complexity index is 201. The maximum absolute atomic E-state index is 10.0. The first-order chi connectivity index (χ1) is 5.62. The second-order valence-corrected chi connectivity index (χ2v) is 2.76. The Balaban J connectivity index is 2.46. The van der Waals surface area contributed by atoms with Crippen molar-refractivity contribution in [2.24, 2.45) is 5.29 Å². The number of nitrogens with zero attached hydrogens (tertiary/aromatic N) is 3. The molecule has 0 unspecified atom stereocenters. The summed E-state index contributed by atoms with van der Waals surface area (Å²) in [7, 11) is 0. The van der Waals surface area contributed by atoms with Gasteiger partial charge in [0, 0.05) is 0 Å². The zero-order valence-corrected chi connectivity index (χ0v) is 6.60. The molecule has 0 amide bonds. The van der Waals surface area contributed by atoms with E-state index in [1.54, 1.807) is 6.92 Å². The topological polar surface area (TPSA) is 85.0 Å². The minimum Gasteiger partial charge on any atom is -0.303 e. The molecule has 0 bridgehead atoms. The number of rotatable bonds is 4. The van der Waals surface area contributed by atoms with Gasteiger partial charge in [-0.25, -0.2) is 0 Å². The Labute approximate surface area is 68.3 Å². The highest BCUT2D eigenvalue weighted by Crippen LogP contribution is 2.28. The third-order valence-electron chi connectivity index (χ3n) is 1.97. The lowest BCUT2D eigenvalue weighted by atomic mass is 9.93. The van der Waals surface area contributed by atoms with Crippen molar-refractivity contribution in [2.75, 3.05) is 13.1 Å². The fourth-order valence-electron chi connectivity index (χ4n) is 1.18. The van der Waals surface area contributed by atoms with E-state index in [-0.39, 0.29) is 13.1 Å². The van der Waals surface area contributed by atoms with Crippen LogP contribution < -0.4 is 0 Å². The van der Waals surface area contributed by atoms with E-state index < -0.39 is 10.7 Å². The summed E-state index contributed by atoms with van der Waals surface area (Å²) in [6, 6.07) is 0. The minimum atomic E-state index is -0.828. The second-order valence-electron chi connectivity index (χ2n) is 2.76. The quantitative estimate of drug-likeness (QED) is 0.349. The first kappa shape index (κ1) is 8.69. The summed E-state index contributed by atoms with van der Waals surface area (Å²) in [5.74, 6) is 0. The van der Waals surface area contributed by atoms with Crippen molar-refractivity contribution in [3.8, 4) is 0 Å². The van der Waals surface area contributed by atoms with Gasteiger partial charge in [-0.3, -0.25) is 5.01 Å². The Morgan fingerprint density at radius 3 is 2.67 bits per heavy atom. The highest BCUT2D eigenvalue weighted by Gasteiger charge is 2.46. The summed E-state index contributed by atoms with van der Waals surface area (Å²) in [5.41, 5.74) is -0.808.